The summed E-state index contributed by atoms with van der Waals surface area (Å²) in [4.78, 5) is 65.1. The Morgan fingerprint density at radius 3 is 1.78 bits per heavy atom. The van der Waals surface area contributed by atoms with E-state index in [0.717, 1.165) is 4.90 Å². The van der Waals surface area contributed by atoms with E-state index in [4.69, 9.17) is 33.2 Å². The number of rotatable bonds is 25. The second-order valence-electron chi connectivity index (χ2n) is 14.0. The number of likely N-dealkylation sites (N-methyl/N-ethyl adjacent to an activating group) is 1. The summed E-state index contributed by atoms with van der Waals surface area (Å²) >= 11 is 0. The Bertz CT molecular complexity index is 1880. The van der Waals surface area contributed by atoms with E-state index >= 15 is 0 Å². The summed E-state index contributed by atoms with van der Waals surface area (Å²) in [6.07, 6.45) is -0.221. The van der Waals surface area contributed by atoms with Crippen LogP contribution in [0.2, 0.25) is 0 Å². The number of hydrogen-bond acceptors (Lipinski definition) is 13. The SMILES string of the molecule is CN(CCOCCOCCOCCOCCOCCOCCNc1cccc2c1C(=O)N(C1CCC(=O)NC1=O)C2=O)C(=O)OCC1c2ccccc2-c2ccccc21. The zero-order valence-electron chi connectivity index (χ0n) is 33.3. The van der Waals surface area contributed by atoms with Crippen molar-refractivity contribution in [2.45, 2.75) is 24.8 Å². The summed E-state index contributed by atoms with van der Waals surface area (Å²) in [6.45, 7) is 5.85. The van der Waals surface area contributed by atoms with Crippen molar-refractivity contribution in [2.24, 2.45) is 0 Å². The first-order valence-electron chi connectivity index (χ1n) is 20.0. The predicted octanol–water partition coefficient (Wildman–Crippen LogP) is 3.48. The van der Waals surface area contributed by atoms with E-state index in [9.17, 15) is 24.0 Å². The Labute approximate surface area is 343 Å². The molecule has 6 rings (SSSR count). The van der Waals surface area contributed by atoms with Gasteiger partial charge in [0, 0.05) is 38.2 Å². The molecule has 0 spiro atoms. The molecule has 1 saturated heterocycles. The van der Waals surface area contributed by atoms with Crippen LogP contribution in [0.15, 0.2) is 66.7 Å². The number of piperidine rings is 1. The molecule has 16 heteroatoms. The molecule has 1 aliphatic carbocycles. The Hall–Kier alpha value is -5.23. The van der Waals surface area contributed by atoms with Gasteiger partial charge in [-0.05, 0) is 40.8 Å². The van der Waals surface area contributed by atoms with E-state index in [0.29, 0.717) is 98.1 Å². The quantitative estimate of drug-likeness (QED) is 0.0939. The molecule has 3 aliphatic rings. The Kier molecular flexibility index (Phi) is 16.3. The highest BCUT2D eigenvalue weighted by Crippen LogP contribution is 2.44. The standard InChI is InChI=1S/C43H52N4O12/c1-46(43(52)59-29-35-32-9-4-2-7-30(32)31-8-3-5-10-33(31)35)16-18-54-20-22-56-24-26-58-28-27-57-25-23-55-21-19-53-17-15-44-36-12-6-11-34-39(36)42(51)47(41(34)50)37-13-14-38(48)45-40(37)49/h2-12,35,37,44H,13-29H2,1H3,(H,45,48,49). The molecule has 2 aliphatic heterocycles. The number of fused-ring (bicyclic) bond motifs is 4. The minimum Gasteiger partial charge on any atom is -0.448 e. The van der Waals surface area contributed by atoms with E-state index < -0.39 is 29.7 Å². The molecule has 1 fully saturated rings. The van der Waals surface area contributed by atoms with Crippen LogP contribution in [0, 0.1) is 0 Å². The van der Waals surface area contributed by atoms with Crippen molar-refractivity contribution >= 4 is 35.4 Å². The average Bonchev–Trinajstić information content (AvgIpc) is 3.70. The number of nitrogens with one attached hydrogen (secondary N) is 2. The molecule has 0 aromatic heterocycles. The summed E-state index contributed by atoms with van der Waals surface area (Å²) < 4.78 is 39.0. The number of imide groups is 2. The first-order valence-corrected chi connectivity index (χ1v) is 20.0. The third-order valence-electron chi connectivity index (χ3n) is 10.1. The Balaban J connectivity index is 0.698. The van der Waals surface area contributed by atoms with Gasteiger partial charge in [0.25, 0.3) is 11.8 Å². The zero-order chi connectivity index (χ0) is 41.4. The molecule has 1 unspecified atom stereocenters. The van der Waals surface area contributed by atoms with Gasteiger partial charge < -0.3 is 43.4 Å². The molecule has 59 heavy (non-hydrogen) atoms. The Morgan fingerprint density at radius 2 is 1.20 bits per heavy atom. The third kappa shape index (κ3) is 11.5. The van der Waals surface area contributed by atoms with Crippen LogP contribution in [-0.2, 0) is 42.7 Å². The van der Waals surface area contributed by atoms with E-state index in [1.54, 1.807) is 25.2 Å². The van der Waals surface area contributed by atoms with Crippen LogP contribution < -0.4 is 10.6 Å². The lowest BCUT2D eigenvalue weighted by Crippen LogP contribution is -2.54. The molecule has 2 N–H and O–H groups in total. The largest absolute Gasteiger partial charge is 0.448 e. The number of carbonyl (C=O) groups is 5. The lowest BCUT2D eigenvalue weighted by molar-refractivity contribution is -0.136. The monoisotopic (exact) mass is 816 g/mol. The van der Waals surface area contributed by atoms with Gasteiger partial charge in [-0.15, -0.1) is 0 Å². The zero-order valence-corrected chi connectivity index (χ0v) is 33.3. The van der Waals surface area contributed by atoms with E-state index in [2.05, 4.69) is 34.9 Å². The maximum absolute atomic E-state index is 13.2. The van der Waals surface area contributed by atoms with E-state index in [1.807, 2.05) is 24.3 Å². The number of hydrogen-bond donors (Lipinski definition) is 2. The number of nitrogens with zero attached hydrogens (tertiary/aromatic N) is 2. The number of anilines is 1. The van der Waals surface area contributed by atoms with Gasteiger partial charge in [-0.2, -0.15) is 0 Å². The summed E-state index contributed by atoms with van der Waals surface area (Å²) in [5, 5.41) is 5.33. The molecular formula is C43H52N4O12. The van der Waals surface area contributed by atoms with Crippen molar-refractivity contribution < 1.29 is 57.1 Å². The van der Waals surface area contributed by atoms with E-state index in [1.165, 1.54) is 27.2 Å². The van der Waals surface area contributed by atoms with Crippen LogP contribution in [0.25, 0.3) is 11.1 Å². The smallest absolute Gasteiger partial charge is 0.409 e. The highest BCUT2D eigenvalue weighted by Gasteiger charge is 2.45. The molecule has 0 bridgehead atoms. The van der Waals surface area contributed by atoms with Crippen molar-refractivity contribution in [3.63, 3.8) is 0 Å². The Morgan fingerprint density at radius 1 is 0.678 bits per heavy atom. The van der Waals surface area contributed by atoms with Gasteiger partial charge in [0.2, 0.25) is 11.8 Å². The summed E-state index contributed by atoms with van der Waals surface area (Å²) in [7, 11) is 1.70. The van der Waals surface area contributed by atoms with Crippen molar-refractivity contribution in [2.75, 3.05) is 111 Å². The van der Waals surface area contributed by atoms with Crippen molar-refractivity contribution in [1.82, 2.24) is 15.1 Å². The minimum atomic E-state index is -1.02. The summed E-state index contributed by atoms with van der Waals surface area (Å²) in [5.74, 6) is -2.16. The second-order valence-corrected chi connectivity index (χ2v) is 14.0. The van der Waals surface area contributed by atoms with Gasteiger partial charge in [-0.1, -0.05) is 54.6 Å². The average molecular weight is 817 g/mol. The fourth-order valence-electron chi connectivity index (χ4n) is 7.12. The van der Waals surface area contributed by atoms with Gasteiger partial charge in [0.15, 0.2) is 0 Å². The number of benzene rings is 3. The van der Waals surface area contributed by atoms with Crippen LogP contribution in [-0.4, -0.2) is 152 Å². The molecule has 3 aromatic carbocycles. The van der Waals surface area contributed by atoms with Crippen LogP contribution in [0.3, 0.4) is 0 Å². The minimum absolute atomic E-state index is 0.0211. The molecule has 2 heterocycles. The van der Waals surface area contributed by atoms with E-state index in [-0.39, 0.29) is 42.6 Å². The third-order valence-corrected chi connectivity index (χ3v) is 10.1. The second kappa shape index (κ2) is 22.2. The van der Waals surface area contributed by atoms with Crippen LogP contribution in [0.4, 0.5) is 10.5 Å². The van der Waals surface area contributed by atoms with Gasteiger partial charge in [-0.3, -0.25) is 29.4 Å². The van der Waals surface area contributed by atoms with Gasteiger partial charge in [0.05, 0.1) is 90.4 Å². The first kappa shape index (κ1) is 43.4. The topological polar surface area (TPSA) is 180 Å². The van der Waals surface area contributed by atoms with Crippen molar-refractivity contribution in [3.05, 3.63) is 89.0 Å². The van der Waals surface area contributed by atoms with Crippen LogP contribution >= 0.6 is 0 Å². The molecule has 0 radical (unpaired) electrons. The van der Waals surface area contributed by atoms with Gasteiger partial charge in [0.1, 0.15) is 12.6 Å². The fraction of sp³-hybridized carbons (Fsp3) is 0.465. The lowest BCUT2D eigenvalue weighted by Gasteiger charge is -2.27. The van der Waals surface area contributed by atoms with Crippen molar-refractivity contribution in [1.29, 1.82) is 0 Å². The molecule has 316 valence electrons. The van der Waals surface area contributed by atoms with Gasteiger partial charge in [-0.25, -0.2) is 4.79 Å². The molecule has 5 amide bonds. The maximum Gasteiger partial charge on any atom is 0.409 e. The highest BCUT2D eigenvalue weighted by molar-refractivity contribution is 6.25. The predicted molar refractivity (Wildman–Crippen MR) is 214 cm³/mol. The van der Waals surface area contributed by atoms with Crippen LogP contribution in [0.5, 0.6) is 0 Å². The molecule has 1 atom stereocenters. The molecule has 16 nitrogen and oxygen atoms in total. The number of amides is 5. The maximum atomic E-state index is 13.2. The molecular weight excluding hydrogens is 764 g/mol. The number of ether oxygens (including phenoxy) is 7. The van der Waals surface area contributed by atoms with Gasteiger partial charge >= 0.3 is 6.09 Å². The summed E-state index contributed by atoms with van der Waals surface area (Å²) in [5.41, 5.74) is 5.64. The normalized spacial score (nSPS) is 15.9. The molecule has 3 aromatic rings. The lowest BCUT2D eigenvalue weighted by atomic mass is 9.98. The fourth-order valence-corrected chi connectivity index (χ4v) is 7.12. The highest BCUT2D eigenvalue weighted by atomic mass is 16.6. The first-order chi connectivity index (χ1) is 28.8. The van der Waals surface area contributed by atoms with Crippen LogP contribution in [0.1, 0.15) is 50.6 Å². The molecule has 0 saturated carbocycles. The number of carbonyl (C=O) groups excluding carboxylic acids is 5. The van der Waals surface area contributed by atoms with Crippen molar-refractivity contribution in [3.8, 4) is 11.1 Å². The summed E-state index contributed by atoms with van der Waals surface area (Å²) in [6, 6.07) is 20.4.